The summed E-state index contributed by atoms with van der Waals surface area (Å²) in [6.07, 6.45) is 0. The Labute approximate surface area is 142 Å². The van der Waals surface area contributed by atoms with Gasteiger partial charge in [0.1, 0.15) is 5.82 Å². The molecule has 1 amide bonds. The first kappa shape index (κ1) is 15.3. The molecule has 0 saturated heterocycles. The van der Waals surface area contributed by atoms with Crippen LogP contribution in [-0.2, 0) is 0 Å². The SMILES string of the molecule is O=C(Nc1noc2cc(Br)ccc12)c1cc(F)c(Cl)cc1Cl. The Balaban J connectivity index is 1.95. The van der Waals surface area contributed by atoms with E-state index in [-0.39, 0.29) is 21.4 Å². The van der Waals surface area contributed by atoms with Crippen LogP contribution in [-0.4, -0.2) is 11.1 Å². The molecular formula is C14H6BrCl2FN2O2. The lowest BCUT2D eigenvalue weighted by atomic mass is 10.2. The minimum Gasteiger partial charge on any atom is -0.354 e. The van der Waals surface area contributed by atoms with Gasteiger partial charge >= 0.3 is 0 Å². The maximum absolute atomic E-state index is 13.5. The summed E-state index contributed by atoms with van der Waals surface area (Å²) in [4.78, 5) is 12.2. The highest BCUT2D eigenvalue weighted by Crippen LogP contribution is 2.28. The van der Waals surface area contributed by atoms with E-state index in [1.165, 1.54) is 6.07 Å². The third-order valence-corrected chi connectivity index (χ3v) is 4.02. The number of benzene rings is 2. The van der Waals surface area contributed by atoms with Crippen molar-refractivity contribution in [2.24, 2.45) is 0 Å². The zero-order valence-corrected chi connectivity index (χ0v) is 13.8. The lowest BCUT2D eigenvalue weighted by Crippen LogP contribution is -2.13. The molecule has 112 valence electrons. The maximum atomic E-state index is 13.5. The number of anilines is 1. The van der Waals surface area contributed by atoms with Crippen molar-refractivity contribution in [3.63, 3.8) is 0 Å². The average molecular weight is 404 g/mol. The number of hydrogen-bond acceptors (Lipinski definition) is 3. The molecule has 8 heteroatoms. The molecule has 0 spiro atoms. The lowest BCUT2D eigenvalue weighted by Gasteiger charge is -2.05. The van der Waals surface area contributed by atoms with Gasteiger partial charge < -0.3 is 9.84 Å². The molecule has 0 bridgehead atoms. The van der Waals surface area contributed by atoms with Crippen molar-refractivity contribution in [3.05, 3.63) is 56.2 Å². The van der Waals surface area contributed by atoms with Crippen LogP contribution >= 0.6 is 39.1 Å². The molecule has 0 fully saturated rings. The number of fused-ring (bicyclic) bond motifs is 1. The van der Waals surface area contributed by atoms with Gasteiger partial charge in [0.2, 0.25) is 0 Å². The number of hydrogen-bond donors (Lipinski definition) is 1. The number of halogens is 4. The summed E-state index contributed by atoms with van der Waals surface area (Å²) in [7, 11) is 0. The molecule has 0 aliphatic rings. The number of carbonyl (C=O) groups excluding carboxylic acids is 1. The van der Waals surface area contributed by atoms with E-state index in [9.17, 15) is 9.18 Å². The number of rotatable bonds is 2. The van der Waals surface area contributed by atoms with Gasteiger partial charge in [-0.1, -0.05) is 44.3 Å². The standard InChI is InChI=1S/C14H6BrCl2FN2O2/c15-6-1-2-7-12(3-6)22-20-13(7)19-14(21)8-4-11(18)10(17)5-9(8)16/h1-5H,(H,19,20,21). The van der Waals surface area contributed by atoms with Gasteiger partial charge in [-0.3, -0.25) is 4.79 Å². The molecule has 22 heavy (non-hydrogen) atoms. The second kappa shape index (κ2) is 5.87. The third-order valence-electron chi connectivity index (χ3n) is 2.92. The van der Waals surface area contributed by atoms with Crippen molar-refractivity contribution in [3.8, 4) is 0 Å². The molecule has 4 nitrogen and oxygen atoms in total. The number of carbonyl (C=O) groups is 1. The van der Waals surface area contributed by atoms with Crippen LogP contribution in [0.2, 0.25) is 10.0 Å². The normalized spacial score (nSPS) is 10.9. The molecule has 0 unspecified atom stereocenters. The van der Waals surface area contributed by atoms with Gasteiger partial charge in [0.05, 0.1) is 21.0 Å². The number of nitrogens with one attached hydrogen (secondary N) is 1. The Morgan fingerprint density at radius 2 is 2.00 bits per heavy atom. The van der Waals surface area contributed by atoms with Gasteiger partial charge in [-0.05, 0) is 30.3 Å². The van der Waals surface area contributed by atoms with Gasteiger partial charge in [-0.2, -0.15) is 0 Å². The Bertz CT molecular complexity index is 898. The Morgan fingerprint density at radius 1 is 1.23 bits per heavy atom. The third kappa shape index (κ3) is 2.82. The fourth-order valence-corrected chi connectivity index (χ4v) is 2.68. The van der Waals surface area contributed by atoms with Crippen LogP contribution < -0.4 is 5.32 Å². The van der Waals surface area contributed by atoms with Crippen LogP contribution in [0.3, 0.4) is 0 Å². The van der Waals surface area contributed by atoms with Crippen molar-refractivity contribution in [2.75, 3.05) is 5.32 Å². The van der Waals surface area contributed by atoms with Crippen molar-refractivity contribution >= 4 is 61.8 Å². The highest BCUT2D eigenvalue weighted by molar-refractivity contribution is 9.10. The molecule has 3 aromatic rings. The van der Waals surface area contributed by atoms with Crippen LogP contribution in [0, 0.1) is 5.82 Å². The Morgan fingerprint density at radius 3 is 2.77 bits per heavy atom. The summed E-state index contributed by atoms with van der Waals surface area (Å²) >= 11 is 14.8. The van der Waals surface area contributed by atoms with E-state index in [0.29, 0.717) is 11.0 Å². The molecule has 1 aromatic heterocycles. The van der Waals surface area contributed by atoms with Gasteiger partial charge in [0.15, 0.2) is 11.4 Å². The molecule has 1 N–H and O–H groups in total. The van der Waals surface area contributed by atoms with Crippen LogP contribution in [0.4, 0.5) is 10.2 Å². The predicted octanol–water partition coefficient (Wildman–Crippen LogP) is 5.29. The number of aromatic nitrogens is 1. The zero-order chi connectivity index (χ0) is 15.9. The van der Waals surface area contributed by atoms with Crippen molar-refractivity contribution in [2.45, 2.75) is 0 Å². The van der Waals surface area contributed by atoms with E-state index in [0.717, 1.165) is 10.5 Å². The summed E-state index contributed by atoms with van der Waals surface area (Å²) in [5.74, 6) is -1.12. The van der Waals surface area contributed by atoms with Crippen LogP contribution in [0.25, 0.3) is 11.0 Å². The molecular weight excluding hydrogens is 398 g/mol. The van der Waals surface area contributed by atoms with Crippen LogP contribution in [0.15, 0.2) is 39.3 Å². The average Bonchev–Trinajstić information content (AvgIpc) is 2.85. The molecule has 1 heterocycles. The second-order valence-corrected chi connectivity index (χ2v) is 6.10. The Hall–Kier alpha value is -1.63. The fraction of sp³-hybridized carbons (Fsp3) is 0. The first-order valence-corrected chi connectivity index (χ1v) is 7.51. The van der Waals surface area contributed by atoms with Gasteiger partial charge in [0.25, 0.3) is 5.91 Å². The van der Waals surface area contributed by atoms with E-state index in [1.54, 1.807) is 18.2 Å². The summed E-state index contributed by atoms with van der Waals surface area (Å²) < 4.78 is 19.4. The molecule has 0 aliphatic heterocycles. The first-order valence-electron chi connectivity index (χ1n) is 5.96. The van der Waals surface area contributed by atoms with Gasteiger partial charge in [0, 0.05) is 4.47 Å². The quantitative estimate of drug-likeness (QED) is 0.591. The van der Waals surface area contributed by atoms with E-state index >= 15 is 0 Å². The van der Waals surface area contributed by atoms with Gasteiger partial charge in [-0.25, -0.2) is 4.39 Å². The highest BCUT2D eigenvalue weighted by atomic mass is 79.9. The van der Waals surface area contributed by atoms with E-state index in [2.05, 4.69) is 26.4 Å². The smallest absolute Gasteiger partial charge is 0.258 e. The van der Waals surface area contributed by atoms with Crippen molar-refractivity contribution < 1.29 is 13.7 Å². The lowest BCUT2D eigenvalue weighted by molar-refractivity contribution is 0.102. The molecule has 3 rings (SSSR count). The maximum Gasteiger partial charge on any atom is 0.258 e. The molecule has 0 saturated carbocycles. The molecule has 0 radical (unpaired) electrons. The fourth-order valence-electron chi connectivity index (χ4n) is 1.87. The van der Waals surface area contributed by atoms with Crippen LogP contribution in [0.5, 0.6) is 0 Å². The zero-order valence-electron chi connectivity index (χ0n) is 10.7. The second-order valence-electron chi connectivity index (χ2n) is 4.37. The van der Waals surface area contributed by atoms with Crippen molar-refractivity contribution in [1.29, 1.82) is 0 Å². The summed E-state index contributed by atoms with van der Waals surface area (Å²) in [5.41, 5.74) is 0.454. The van der Waals surface area contributed by atoms with Crippen LogP contribution in [0.1, 0.15) is 10.4 Å². The van der Waals surface area contributed by atoms with E-state index in [4.69, 9.17) is 27.7 Å². The molecule has 0 aliphatic carbocycles. The Kier molecular flexibility index (Phi) is 4.08. The summed E-state index contributed by atoms with van der Waals surface area (Å²) in [5, 5.41) is 6.82. The van der Waals surface area contributed by atoms with Gasteiger partial charge in [-0.15, -0.1) is 0 Å². The number of amides is 1. The van der Waals surface area contributed by atoms with E-state index in [1.807, 2.05) is 0 Å². The molecule has 0 atom stereocenters. The minimum atomic E-state index is -0.731. The van der Waals surface area contributed by atoms with E-state index < -0.39 is 11.7 Å². The highest BCUT2D eigenvalue weighted by Gasteiger charge is 2.17. The monoisotopic (exact) mass is 402 g/mol. The minimum absolute atomic E-state index is 0.0412. The first-order chi connectivity index (χ1) is 10.5. The topological polar surface area (TPSA) is 55.1 Å². The van der Waals surface area contributed by atoms with Crippen molar-refractivity contribution in [1.82, 2.24) is 5.16 Å². The predicted molar refractivity (Wildman–Crippen MR) is 86.1 cm³/mol. The largest absolute Gasteiger partial charge is 0.354 e. The number of nitrogens with zero attached hydrogens (tertiary/aromatic N) is 1. The molecule has 2 aromatic carbocycles. The summed E-state index contributed by atoms with van der Waals surface area (Å²) in [6.45, 7) is 0. The summed E-state index contributed by atoms with van der Waals surface area (Å²) in [6, 6.07) is 7.37.